The van der Waals surface area contributed by atoms with Crippen LogP contribution in [0.5, 0.6) is 11.6 Å². The largest absolute Gasteiger partial charge is 0.494 e. The Kier molecular flexibility index (Phi) is 8.33. The monoisotopic (exact) mass is 546 g/mol. The van der Waals surface area contributed by atoms with Crippen molar-refractivity contribution in [2.45, 2.75) is 26.5 Å². The van der Waals surface area contributed by atoms with Crippen LogP contribution in [0.1, 0.15) is 34.8 Å². The number of rotatable bonds is 12. The summed E-state index contributed by atoms with van der Waals surface area (Å²) in [4.78, 5) is 25.9. The van der Waals surface area contributed by atoms with E-state index in [1.807, 2.05) is 59.2 Å². The molecule has 39 heavy (non-hydrogen) atoms. The molecule has 5 rings (SSSR count). The second-order valence-corrected chi connectivity index (χ2v) is 8.96. The van der Waals surface area contributed by atoms with Gasteiger partial charge in [-0.1, -0.05) is 42.5 Å². The summed E-state index contributed by atoms with van der Waals surface area (Å²) in [7, 11) is 0. The van der Waals surface area contributed by atoms with E-state index in [4.69, 9.17) is 25.8 Å². The maximum Gasteiger partial charge on any atom is 0.341 e. The molecule has 0 atom stereocenters. The van der Waals surface area contributed by atoms with Gasteiger partial charge < -0.3 is 18.8 Å². The molecule has 11 heteroatoms. The zero-order valence-corrected chi connectivity index (χ0v) is 22.1. The highest BCUT2D eigenvalue weighted by Crippen LogP contribution is 2.26. The van der Waals surface area contributed by atoms with Crippen LogP contribution in [-0.4, -0.2) is 54.4 Å². The average Bonchev–Trinajstić information content (AvgIpc) is 3.61. The Morgan fingerprint density at radius 1 is 1.03 bits per heavy atom. The summed E-state index contributed by atoms with van der Waals surface area (Å²) in [6.07, 6.45) is 5.41. The van der Waals surface area contributed by atoms with Gasteiger partial charge in [0.15, 0.2) is 11.2 Å². The van der Waals surface area contributed by atoms with Gasteiger partial charge in [0, 0.05) is 18.6 Å². The highest BCUT2D eigenvalue weighted by Gasteiger charge is 2.19. The van der Waals surface area contributed by atoms with Crippen molar-refractivity contribution < 1.29 is 19.0 Å². The van der Waals surface area contributed by atoms with Crippen molar-refractivity contribution in [2.24, 2.45) is 0 Å². The number of alkyl halides is 1. The maximum absolute atomic E-state index is 12.1. The van der Waals surface area contributed by atoms with Crippen molar-refractivity contribution in [1.29, 1.82) is 0 Å². The molecule has 0 spiro atoms. The lowest BCUT2D eigenvalue weighted by Gasteiger charge is -2.12. The predicted molar refractivity (Wildman–Crippen MR) is 146 cm³/mol. The average molecular weight is 547 g/mol. The molecule has 0 aliphatic rings. The fourth-order valence-corrected chi connectivity index (χ4v) is 4.02. The van der Waals surface area contributed by atoms with Gasteiger partial charge in [0.1, 0.15) is 12.4 Å². The van der Waals surface area contributed by atoms with Crippen LogP contribution in [0.3, 0.4) is 0 Å². The lowest BCUT2D eigenvalue weighted by atomic mass is 10.2. The first-order valence-electron chi connectivity index (χ1n) is 12.5. The number of aromatic nitrogens is 6. The van der Waals surface area contributed by atoms with Gasteiger partial charge in [0.05, 0.1) is 31.3 Å². The number of hydrogen-bond acceptors (Lipinski definition) is 8. The number of esters is 1. The van der Waals surface area contributed by atoms with Gasteiger partial charge in [0.2, 0.25) is 5.88 Å². The van der Waals surface area contributed by atoms with E-state index in [9.17, 15) is 4.79 Å². The molecule has 0 aliphatic carbocycles. The van der Waals surface area contributed by atoms with Crippen molar-refractivity contribution in [3.8, 4) is 17.6 Å². The molecule has 10 nitrogen and oxygen atoms in total. The minimum atomic E-state index is -0.469. The topological polar surface area (TPSA) is 106 Å². The summed E-state index contributed by atoms with van der Waals surface area (Å²) in [6.45, 7) is 3.37. The van der Waals surface area contributed by atoms with Crippen molar-refractivity contribution in [3.05, 3.63) is 90.0 Å². The molecule has 0 radical (unpaired) electrons. The van der Waals surface area contributed by atoms with E-state index >= 15 is 0 Å². The van der Waals surface area contributed by atoms with Crippen LogP contribution in [0, 0.1) is 0 Å². The molecule has 3 aromatic heterocycles. The molecule has 5 aromatic rings. The molecule has 0 amide bonds. The molecule has 0 saturated heterocycles. The first-order chi connectivity index (χ1) is 19.1. The molecule has 0 unspecified atom stereocenters. The second-order valence-electron chi connectivity index (χ2n) is 8.58. The smallest absolute Gasteiger partial charge is 0.341 e. The normalized spacial score (nSPS) is 11.0. The predicted octanol–water partition coefficient (Wildman–Crippen LogP) is 4.82. The molecule has 0 fully saturated rings. The van der Waals surface area contributed by atoms with E-state index in [1.165, 1.54) is 17.1 Å². The fourth-order valence-electron chi connectivity index (χ4n) is 3.91. The first-order valence-corrected chi connectivity index (χ1v) is 13.1. The zero-order chi connectivity index (χ0) is 27.0. The summed E-state index contributed by atoms with van der Waals surface area (Å²) in [5.41, 5.74) is 3.38. The third-order valence-corrected chi connectivity index (χ3v) is 6.01. The quantitative estimate of drug-likeness (QED) is 0.124. The molecule has 0 saturated carbocycles. The number of ether oxygens (including phenoxy) is 3. The third-order valence-electron chi connectivity index (χ3n) is 5.74. The van der Waals surface area contributed by atoms with E-state index in [-0.39, 0.29) is 12.6 Å². The van der Waals surface area contributed by atoms with Crippen molar-refractivity contribution >= 4 is 28.7 Å². The SMILES string of the molecule is CCOC(=O)c1cnn(-c2nc(OCc3ccccc3)c3c(ncn3Cc3cccc(OCCCCl)c3)n2)c1. The number of nitrogens with zero attached hydrogens (tertiary/aromatic N) is 6. The minimum Gasteiger partial charge on any atom is -0.494 e. The molecular formula is C28H27ClN6O4. The van der Waals surface area contributed by atoms with E-state index in [2.05, 4.69) is 20.1 Å². The van der Waals surface area contributed by atoms with Crippen LogP contribution in [0.15, 0.2) is 73.3 Å². The maximum atomic E-state index is 12.1. The summed E-state index contributed by atoms with van der Waals surface area (Å²) < 4.78 is 20.4. The van der Waals surface area contributed by atoms with E-state index in [0.717, 1.165) is 23.3 Å². The van der Waals surface area contributed by atoms with Crippen molar-refractivity contribution in [1.82, 2.24) is 29.3 Å². The van der Waals surface area contributed by atoms with Gasteiger partial charge in [-0.25, -0.2) is 14.5 Å². The molecule has 0 aliphatic heterocycles. The van der Waals surface area contributed by atoms with Crippen LogP contribution in [0.4, 0.5) is 0 Å². The number of imidazole rings is 1. The van der Waals surface area contributed by atoms with E-state index in [1.54, 1.807) is 13.3 Å². The standard InChI is InChI=1S/C28H27ClN6O4/c1-2-37-27(36)22-15-31-35(17-22)28-32-25-24(26(33-28)39-18-20-8-4-3-5-9-20)34(19-30-25)16-21-10-6-11-23(14-21)38-13-7-12-29/h3-6,8-11,14-15,17,19H,2,7,12-13,16,18H2,1H3. The van der Waals surface area contributed by atoms with Gasteiger partial charge in [-0.3, -0.25) is 0 Å². The van der Waals surface area contributed by atoms with Gasteiger partial charge in [0.25, 0.3) is 5.95 Å². The lowest BCUT2D eigenvalue weighted by molar-refractivity contribution is 0.0526. The van der Waals surface area contributed by atoms with Gasteiger partial charge >= 0.3 is 5.97 Å². The van der Waals surface area contributed by atoms with Crippen LogP contribution < -0.4 is 9.47 Å². The highest BCUT2D eigenvalue weighted by atomic mass is 35.5. The summed E-state index contributed by atoms with van der Waals surface area (Å²) >= 11 is 5.77. The fraction of sp³-hybridized carbons (Fsp3) is 0.250. The van der Waals surface area contributed by atoms with E-state index < -0.39 is 5.97 Å². The molecule has 0 bridgehead atoms. The highest BCUT2D eigenvalue weighted by molar-refractivity contribution is 6.17. The zero-order valence-electron chi connectivity index (χ0n) is 21.4. The summed E-state index contributed by atoms with van der Waals surface area (Å²) in [5, 5.41) is 4.25. The Bertz CT molecular complexity index is 1550. The number of halogens is 1. The Morgan fingerprint density at radius 2 is 1.87 bits per heavy atom. The van der Waals surface area contributed by atoms with Crippen LogP contribution in [0.2, 0.25) is 0 Å². The number of carbonyl (C=O) groups is 1. The number of fused-ring (bicyclic) bond motifs is 1. The second kappa shape index (κ2) is 12.4. The molecule has 200 valence electrons. The number of hydrogen-bond donors (Lipinski definition) is 0. The first kappa shape index (κ1) is 26.2. The third kappa shape index (κ3) is 6.35. The van der Waals surface area contributed by atoms with Gasteiger partial charge in [-0.2, -0.15) is 15.1 Å². The number of benzene rings is 2. The minimum absolute atomic E-state index is 0.223. The van der Waals surface area contributed by atoms with Crippen LogP contribution >= 0.6 is 11.6 Å². The molecular weight excluding hydrogens is 520 g/mol. The molecule has 3 heterocycles. The van der Waals surface area contributed by atoms with Gasteiger partial charge in [-0.05, 0) is 36.6 Å². The molecule has 0 N–H and O–H groups in total. The van der Waals surface area contributed by atoms with E-state index in [0.29, 0.717) is 48.2 Å². The lowest BCUT2D eigenvalue weighted by Crippen LogP contribution is -2.08. The van der Waals surface area contributed by atoms with Crippen LogP contribution in [0.25, 0.3) is 17.1 Å². The number of carbonyl (C=O) groups excluding carboxylic acids is 1. The van der Waals surface area contributed by atoms with Crippen LogP contribution in [-0.2, 0) is 17.9 Å². The summed E-state index contributed by atoms with van der Waals surface area (Å²) in [6, 6.07) is 17.7. The Labute approximate surface area is 230 Å². The Morgan fingerprint density at radius 3 is 2.69 bits per heavy atom. The Balaban J connectivity index is 1.48. The molecule has 2 aromatic carbocycles. The summed E-state index contributed by atoms with van der Waals surface area (Å²) in [5.74, 6) is 1.43. The van der Waals surface area contributed by atoms with Gasteiger partial charge in [-0.15, -0.1) is 11.6 Å². The Hall–Kier alpha value is -4.44. The van der Waals surface area contributed by atoms with Crippen molar-refractivity contribution in [2.75, 3.05) is 19.1 Å². The van der Waals surface area contributed by atoms with Crippen molar-refractivity contribution in [3.63, 3.8) is 0 Å².